The van der Waals surface area contributed by atoms with Gasteiger partial charge in [-0.05, 0) is 24.3 Å². The van der Waals surface area contributed by atoms with E-state index in [1.54, 1.807) is 24.3 Å². The van der Waals surface area contributed by atoms with Crippen molar-refractivity contribution >= 4 is 12.3 Å². The molecule has 86 valence electrons. The number of hydrogen-bond donors (Lipinski definition) is 0. The lowest BCUT2D eigenvalue weighted by atomic mass is 10.2. The van der Waals surface area contributed by atoms with Crippen LogP contribution in [0.25, 0.3) is 0 Å². The van der Waals surface area contributed by atoms with Gasteiger partial charge in [-0.15, -0.1) is 0 Å². The Bertz CT molecular complexity index is 357. The van der Waals surface area contributed by atoms with Crippen molar-refractivity contribution in [3.8, 4) is 5.75 Å². The van der Waals surface area contributed by atoms with Crippen molar-refractivity contribution in [2.45, 2.75) is 6.29 Å². The van der Waals surface area contributed by atoms with Gasteiger partial charge in [0.1, 0.15) is 5.75 Å². The molecule has 0 saturated heterocycles. The number of aldehydes is 1. The third kappa shape index (κ3) is 3.06. The van der Waals surface area contributed by atoms with Gasteiger partial charge in [-0.2, -0.15) is 0 Å². The van der Waals surface area contributed by atoms with Gasteiger partial charge in [0, 0.05) is 7.11 Å². The van der Waals surface area contributed by atoms with Gasteiger partial charge < -0.3 is 14.2 Å². The number of benzene rings is 1. The Balaban J connectivity index is 2.71. The summed E-state index contributed by atoms with van der Waals surface area (Å²) in [6, 6.07) is 6.20. The molecule has 1 atom stereocenters. The molecule has 0 radical (unpaired) electrons. The number of rotatable bonds is 5. The molecule has 0 aliphatic carbocycles. The summed E-state index contributed by atoms with van der Waals surface area (Å²) in [4.78, 5) is 21.6. The van der Waals surface area contributed by atoms with E-state index in [1.165, 1.54) is 14.2 Å². The van der Waals surface area contributed by atoms with E-state index in [2.05, 4.69) is 4.74 Å². The van der Waals surface area contributed by atoms with Gasteiger partial charge in [-0.25, -0.2) is 4.79 Å². The van der Waals surface area contributed by atoms with Crippen LogP contribution in [0.15, 0.2) is 24.3 Å². The fourth-order valence-corrected chi connectivity index (χ4v) is 1.05. The van der Waals surface area contributed by atoms with Crippen LogP contribution in [0, 0.1) is 0 Å². The largest absolute Gasteiger partial charge is 0.465 e. The van der Waals surface area contributed by atoms with Crippen molar-refractivity contribution in [1.82, 2.24) is 0 Å². The summed E-state index contributed by atoms with van der Waals surface area (Å²) in [6.45, 7) is 0. The van der Waals surface area contributed by atoms with Crippen molar-refractivity contribution in [1.29, 1.82) is 0 Å². The lowest BCUT2D eigenvalue weighted by Gasteiger charge is -2.11. The van der Waals surface area contributed by atoms with Crippen LogP contribution >= 0.6 is 0 Å². The van der Waals surface area contributed by atoms with Gasteiger partial charge in [0.25, 0.3) is 6.29 Å². The Morgan fingerprint density at radius 2 is 1.88 bits per heavy atom. The second kappa shape index (κ2) is 5.87. The first-order valence-electron chi connectivity index (χ1n) is 4.54. The van der Waals surface area contributed by atoms with Crippen molar-refractivity contribution < 1.29 is 23.8 Å². The number of esters is 1. The van der Waals surface area contributed by atoms with Crippen LogP contribution < -0.4 is 4.74 Å². The second-order valence-corrected chi connectivity index (χ2v) is 2.87. The minimum absolute atomic E-state index is 0.412. The maximum atomic E-state index is 11.1. The summed E-state index contributed by atoms with van der Waals surface area (Å²) >= 11 is 0. The van der Waals surface area contributed by atoms with Crippen molar-refractivity contribution in [2.75, 3.05) is 14.2 Å². The van der Waals surface area contributed by atoms with Crippen LogP contribution in [-0.4, -0.2) is 32.8 Å². The molecule has 0 N–H and O–H groups in total. The summed E-state index contributed by atoms with van der Waals surface area (Å²) in [7, 11) is 2.67. The van der Waals surface area contributed by atoms with Crippen LogP contribution in [0.5, 0.6) is 5.75 Å². The molecule has 1 aromatic rings. The molecule has 0 fully saturated rings. The van der Waals surface area contributed by atoms with E-state index in [4.69, 9.17) is 9.47 Å². The Kier molecular flexibility index (Phi) is 4.47. The fourth-order valence-electron chi connectivity index (χ4n) is 1.05. The van der Waals surface area contributed by atoms with E-state index in [0.29, 0.717) is 17.6 Å². The predicted molar refractivity (Wildman–Crippen MR) is 55.3 cm³/mol. The summed E-state index contributed by atoms with van der Waals surface area (Å²) in [5.74, 6) is 0.0110. The number of carbonyl (C=O) groups is 2. The Morgan fingerprint density at radius 1 is 1.25 bits per heavy atom. The normalized spacial score (nSPS) is 11.6. The fraction of sp³-hybridized carbons (Fsp3) is 0.273. The molecule has 0 aliphatic rings. The molecule has 0 aliphatic heterocycles. The molecule has 5 heteroatoms. The van der Waals surface area contributed by atoms with E-state index in [0.717, 1.165) is 0 Å². The van der Waals surface area contributed by atoms with E-state index < -0.39 is 12.3 Å². The van der Waals surface area contributed by atoms with Crippen molar-refractivity contribution in [2.24, 2.45) is 0 Å². The van der Waals surface area contributed by atoms with Gasteiger partial charge in [0.05, 0.1) is 12.7 Å². The highest BCUT2D eigenvalue weighted by atomic mass is 16.7. The summed E-state index contributed by atoms with van der Waals surface area (Å²) in [5, 5.41) is 0. The molecule has 1 rings (SSSR count). The zero-order chi connectivity index (χ0) is 12.0. The quantitative estimate of drug-likeness (QED) is 0.424. The van der Waals surface area contributed by atoms with Crippen LogP contribution in [-0.2, 0) is 14.3 Å². The monoisotopic (exact) mass is 224 g/mol. The molecule has 16 heavy (non-hydrogen) atoms. The molecule has 0 amide bonds. The zero-order valence-electron chi connectivity index (χ0n) is 9.01. The average Bonchev–Trinajstić information content (AvgIpc) is 2.35. The summed E-state index contributed by atoms with van der Waals surface area (Å²) < 4.78 is 14.4. The zero-order valence-corrected chi connectivity index (χ0v) is 9.01. The van der Waals surface area contributed by atoms with E-state index in [1.807, 2.05) is 0 Å². The maximum absolute atomic E-state index is 11.1. The third-order valence-electron chi connectivity index (χ3n) is 1.87. The molecule has 0 aromatic heterocycles. The van der Waals surface area contributed by atoms with Crippen molar-refractivity contribution in [3.05, 3.63) is 29.8 Å². The van der Waals surface area contributed by atoms with Crippen LogP contribution in [0.4, 0.5) is 0 Å². The smallest absolute Gasteiger partial charge is 0.337 e. The van der Waals surface area contributed by atoms with E-state index in [-0.39, 0.29) is 0 Å². The minimum atomic E-state index is -0.941. The molecular weight excluding hydrogens is 212 g/mol. The highest BCUT2D eigenvalue weighted by Crippen LogP contribution is 2.14. The Labute approximate surface area is 92.9 Å². The predicted octanol–water partition coefficient (Wildman–Crippen LogP) is 1.02. The maximum Gasteiger partial charge on any atom is 0.337 e. The lowest BCUT2D eigenvalue weighted by Crippen LogP contribution is -2.20. The first-order valence-corrected chi connectivity index (χ1v) is 4.54. The summed E-state index contributed by atoms with van der Waals surface area (Å²) in [5.41, 5.74) is 0.412. The SMILES string of the molecule is COC(=O)c1ccc(OC(C=O)OC)cc1. The number of ether oxygens (including phenoxy) is 3. The second-order valence-electron chi connectivity index (χ2n) is 2.87. The highest BCUT2D eigenvalue weighted by molar-refractivity contribution is 5.89. The molecule has 0 saturated carbocycles. The molecule has 0 heterocycles. The molecule has 1 unspecified atom stereocenters. The lowest BCUT2D eigenvalue weighted by molar-refractivity contribution is -0.132. The number of hydrogen-bond acceptors (Lipinski definition) is 5. The third-order valence-corrected chi connectivity index (χ3v) is 1.87. The van der Waals surface area contributed by atoms with Gasteiger partial charge in [-0.3, -0.25) is 4.79 Å². The Morgan fingerprint density at radius 3 is 2.31 bits per heavy atom. The molecule has 1 aromatic carbocycles. The van der Waals surface area contributed by atoms with Gasteiger partial charge in [-0.1, -0.05) is 0 Å². The van der Waals surface area contributed by atoms with Crippen LogP contribution in [0.3, 0.4) is 0 Å². The minimum Gasteiger partial charge on any atom is -0.465 e. The molecular formula is C11H12O5. The number of methoxy groups -OCH3 is 2. The highest BCUT2D eigenvalue weighted by Gasteiger charge is 2.08. The molecule has 5 nitrogen and oxygen atoms in total. The van der Waals surface area contributed by atoms with Gasteiger partial charge >= 0.3 is 5.97 Å². The van der Waals surface area contributed by atoms with Crippen molar-refractivity contribution in [3.63, 3.8) is 0 Å². The van der Waals surface area contributed by atoms with Gasteiger partial charge in [0.15, 0.2) is 6.29 Å². The topological polar surface area (TPSA) is 61.8 Å². The molecule has 0 bridgehead atoms. The van der Waals surface area contributed by atoms with Crippen LogP contribution in [0.1, 0.15) is 10.4 Å². The molecule has 0 spiro atoms. The first kappa shape index (κ1) is 12.2. The van der Waals surface area contributed by atoms with Gasteiger partial charge in [0.2, 0.25) is 0 Å². The van der Waals surface area contributed by atoms with E-state index >= 15 is 0 Å². The number of carbonyl (C=O) groups excluding carboxylic acids is 2. The average molecular weight is 224 g/mol. The van der Waals surface area contributed by atoms with Crippen LogP contribution in [0.2, 0.25) is 0 Å². The standard InChI is InChI=1S/C11H12O5/c1-14-10(7-12)16-9-5-3-8(4-6-9)11(13)15-2/h3-7,10H,1-2H3. The Hall–Kier alpha value is -1.88. The van der Waals surface area contributed by atoms with E-state index in [9.17, 15) is 9.59 Å². The first-order chi connectivity index (χ1) is 7.71. The summed E-state index contributed by atoms with van der Waals surface area (Å²) in [6.07, 6.45) is -0.405.